The van der Waals surface area contributed by atoms with Crippen LogP contribution in [0, 0.1) is 0 Å². The molecule has 1 aromatic heterocycles. The van der Waals surface area contributed by atoms with Crippen molar-refractivity contribution in [3.63, 3.8) is 0 Å². The predicted octanol–water partition coefficient (Wildman–Crippen LogP) is 3.01. The van der Waals surface area contributed by atoms with E-state index < -0.39 is 0 Å². The molecule has 20 heavy (non-hydrogen) atoms. The van der Waals surface area contributed by atoms with Crippen molar-refractivity contribution in [1.82, 2.24) is 9.97 Å². The summed E-state index contributed by atoms with van der Waals surface area (Å²) in [7, 11) is 0. The van der Waals surface area contributed by atoms with Crippen molar-refractivity contribution in [2.24, 2.45) is 0 Å². The zero-order valence-corrected chi connectivity index (χ0v) is 12.2. The van der Waals surface area contributed by atoms with Crippen LogP contribution < -0.4 is 15.8 Å². The summed E-state index contributed by atoms with van der Waals surface area (Å²) in [6.45, 7) is 6.17. The number of benzene rings is 1. The third-order valence-corrected chi connectivity index (χ3v) is 3.41. The quantitative estimate of drug-likeness (QED) is 0.889. The SMILES string of the molecule is CCN(CC)c1ccc(Nc2nc[nH]c(=O)c2Cl)cc1. The number of nitrogens with one attached hydrogen (secondary N) is 2. The highest BCUT2D eigenvalue weighted by atomic mass is 35.5. The third kappa shape index (κ3) is 3.11. The van der Waals surface area contributed by atoms with E-state index in [9.17, 15) is 4.79 Å². The molecule has 0 radical (unpaired) electrons. The monoisotopic (exact) mass is 292 g/mol. The van der Waals surface area contributed by atoms with Crippen LogP contribution in [0.3, 0.4) is 0 Å². The van der Waals surface area contributed by atoms with E-state index in [0.717, 1.165) is 24.5 Å². The van der Waals surface area contributed by atoms with Crippen LogP contribution in [-0.4, -0.2) is 23.1 Å². The maximum Gasteiger partial charge on any atom is 0.271 e. The standard InChI is InChI=1S/C14H17ClN4O/c1-3-19(4-2)11-7-5-10(6-8-11)18-13-12(15)14(20)17-9-16-13/h5-9H,3-4H2,1-2H3,(H2,16,17,18,20). The highest BCUT2D eigenvalue weighted by molar-refractivity contribution is 6.32. The van der Waals surface area contributed by atoms with Gasteiger partial charge in [-0.25, -0.2) is 4.98 Å². The normalized spacial score (nSPS) is 10.3. The Bertz CT molecular complexity index is 620. The van der Waals surface area contributed by atoms with Gasteiger partial charge in [0.1, 0.15) is 5.02 Å². The van der Waals surface area contributed by atoms with Gasteiger partial charge in [0, 0.05) is 24.5 Å². The van der Waals surface area contributed by atoms with Crippen LogP contribution in [0.2, 0.25) is 5.02 Å². The van der Waals surface area contributed by atoms with E-state index in [0.29, 0.717) is 5.82 Å². The average molecular weight is 293 g/mol. The molecule has 5 nitrogen and oxygen atoms in total. The van der Waals surface area contributed by atoms with E-state index in [4.69, 9.17) is 11.6 Å². The van der Waals surface area contributed by atoms with Gasteiger partial charge in [0.2, 0.25) is 0 Å². The minimum Gasteiger partial charge on any atom is -0.372 e. The molecule has 2 aromatic rings. The van der Waals surface area contributed by atoms with Gasteiger partial charge in [0.05, 0.1) is 6.33 Å². The maximum absolute atomic E-state index is 11.4. The fourth-order valence-corrected chi connectivity index (χ4v) is 2.10. The summed E-state index contributed by atoms with van der Waals surface area (Å²) in [6, 6.07) is 7.92. The number of anilines is 3. The van der Waals surface area contributed by atoms with Crippen molar-refractivity contribution >= 4 is 28.8 Å². The Labute approximate surface area is 122 Å². The summed E-state index contributed by atoms with van der Waals surface area (Å²) >= 11 is 5.89. The first-order valence-electron chi connectivity index (χ1n) is 6.51. The van der Waals surface area contributed by atoms with Crippen LogP contribution in [0.4, 0.5) is 17.2 Å². The van der Waals surface area contributed by atoms with Crippen LogP contribution in [0.25, 0.3) is 0 Å². The molecular weight excluding hydrogens is 276 g/mol. The van der Waals surface area contributed by atoms with Gasteiger partial charge in [0.25, 0.3) is 5.56 Å². The maximum atomic E-state index is 11.4. The molecular formula is C14H17ClN4O. The van der Waals surface area contributed by atoms with E-state index in [2.05, 4.69) is 34.0 Å². The summed E-state index contributed by atoms with van der Waals surface area (Å²) in [5, 5.41) is 3.09. The number of halogens is 1. The number of hydrogen-bond donors (Lipinski definition) is 2. The molecule has 0 amide bonds. The van der Waals surface area contributed by atoms with E-state index in [1.807, 2.05) is 24.3 Å². The highest BCUT2D eigenvalue weighted by Gasteiger charge is 2.06. The Balaban J connectivity index is 2.19. The fraction of sp³-hybridized carbons (Fsp3) is 0.286. The molecule has 2 N–H and O–H groups in total. The first kappa shape index (κ1) is 14.4. The van der Waals surface area contributed by atoms with Gasteiger partial charge in [-0.3, -0.25) is 4.79 Å². The van der Waals surface area contributed by atoms with E-state index in [1.54, 1.807) is 0 Å². The Morgan fingerprint density at radius 1 is 1.25 bits per heavy atom. The number of aromatic nitrogens is 2. The van der Waals surface area contributed by atoms with Crippen molar-refractivity contribution in [3.05, 3.63) is 46.0 Å². The molecule has 0 saturated carbocycles. The molecule has 106 valence electrons. The summed E-state index contributed by atoms with van der Waals surface area (Å²) < 4.78 is 0. The zero-order valence-electron chi connectivity index (χ0n) is 11.5. The highest BCUT2D eigenvalue weighted by Crippen LogP contribution is 2.22. The average Bonchev–Trinajstić information content (AvgIpc) is 2.47. The second kappa shape index (κ2) is 6.43. The summed E-state index contributed by atoms with van der Waals surface area (Å²) in [5.41, 5.74) is 1.63. The Morgan fingerprint density at radius 3 is 2.50 bits per heavy atom. The molecule has 0 aliphatic rings. The third-order valence-electron chi connectivity index (χ3n) is 3.06. The van der Waals surface area contributed by atoms with Crippen LogP contribution >= 0.6 is 11.6 Å². The molecule has 6 heteroatoms. The van der Waals surface area contributed by atoms with E-state index in [-0.39, 0.29) is 10.6 Å². The molecule has 2 rings (SSSR count). The van der Waals surface area contributed by atoms with Crippen molar-refractivity contribution < 1.29 is 0 Å². The largest absolute Gasteiger partial charge is 0.372 e. The molecule has 1 heterocycles. The Morgan fingerprint density at radius 2 is 1.90 bits per heavy atom. The Hall–Kier alpha value is -2.01. The van der Waals surface area contributed by atoms with Crippen molar-refractivity contribution in [3.8, 4) is 0 Å². The molecule has 0 bridgehead atoms. The fourth-order valence-electron chi connectivity index (χ4n) is 1.95. The van der Waals surface area contributed by atoms with Crippen LogP contribution in [0.5, 0.6) is 0 Å². The zero-order chi connectivity index (χ0) is 14.5. The van der Waals surface area contributed by atoms with Crippen molar-refractivity contribution in [2.75, 3.05) is 23.3 Å². The second-order valence-electron chi connectivity index (χ2n) is 4.24. The Kier molecular flexibility index (Phi) is 4.63. The topological polar surface area (TPSA) is 61.0 Å². The van der Waals surface area contributed by atoms with Crippen LogP contribution in [0.15, 0.2) is 35.4 Å². The number of rotatable bonds is 5. The second-order valence-corrected chi connectivity index (χ2v) is 4.62. The molecule has 0 aliphatic carbocycles. The van der Waals surface area contributed by atoms with Gasteiger partial charge in [-0.15, -0.1) is 0 Å². The van der Waals surface area contributed by atoms with Crippen molar-refractivity contribution in [1.29, 1.82) is 0 Å². The molecule has 0 saturated heterocycles. The number of aromatic amines is 1. The molecule has 0 atom stereocenters. The van der Waals surface area contributed by atoms with Gasteiger partial charge in [-0.2, -0.15) is 0 Å². The van der Waals surface area contributed by atoms with E-state index in [1.165, 1.54) is 6.33 Å². The summed E-state index contributed by atoms with van der Waals surface area (Å²) in [4.78, 5) is 20.1. The van der Waals surface area contributed by atoms with Gasteiger partial charge in [0.15, 0.2) is 5.82 Å². The summed E-state index contributed by atoms with van der Waals surface area (Å²) in [5.74, 6) is 0.353. The lowest BCUT2D eigenvalue weighted by Gasteiger charge is -2.21. The van der Waals surface area contributed by atoms with E-state index >= 15 is 0 Å². The molecule has 0 unspecified atom stereocenters. The first-order chi connectivity index (χ1) is 9.65. The molecule has 0 fully saturated rings. The molecule has 0 spiro atoms. The van der Waals surface area contributed by atoms with Crippen LogP contribution in [-0.2, 0) is 0 Å². The first-order valence-corrected chi connectivity index (χ1v) is 6.88. The number of hydrogen-bond acceptors (Lipinski definition) is 4. The van der Waals surface area contributed by atoms with Gasteiger partial charge in [-0.05, 0) is 38.1 Å². The smallest absolute Gasteiger partial charge is 0.271 e. The van der Waals surface area contributed by atoms with Gasteiger partial charge in [-0.1, -0.05) is 11.6 Å². The van der Waals surface area contributed by atoms with Crippen molar-refractivity contribution in [2.45, 2.75) is 13.8 Å². The van der Waals surface area contributed by atoms with Crippen LogP contribution in [0.1, 0.15) is 13.8 Å². The lowest BCUT2D eigenvalue weighted by Crippen LogP contribution is -2.21. The lowest BCUT2D eigenvalue weighted by atomic mass is 10.2. The van der Waals surface area contributed by atoms with Gasteiger partial charge >= 0.3 is 0 Å². The number of nitrogens with zero attached hydrogens (tertiary/aromatic N) is 2. The minimum atomic E-state index is -0.357. The number of H-pyrrole nitrogens is 1. The summed E-state index contributed by atoms with van der Waals surface area (Å²) in [6.07, 6.45) is 1.32. The molecule has 1 aromatic carbocycles. The van der Waals surface area contributed by atoms with Gasteiger partial charge < -0.3 is 15.2 Å². The predicted molar refractivity (Wildman–Crippen MR) is 83.2 cm³/mol. The minimum absolute atomic E-state index is 0.0559. The lowest BCUT2D eigenvalue weighted by molar-refractivity contribution is 0.866. The molecule has 0 aliphatic heterocycles.